The highest BCUT2D eigenvalue weighted by Crippen LogP contribution is 2.29. The Morgan fingerprint density at radius 3 is 2.43 bits per heavy atom. The quantitative estimate of drug-likeness (QED) is 0.738. The normalized spacial score (nSPS) is 10.6. The standard InChI is InChI=1S/C16H16ClN5.ClH/c1-8-11(7-10-5-3-4-6-12(10)17)9(2)20-15-13(8)14(18)21-16(19)22-15;/h3-6H,7H2,1-2H3,(H4,18,19,20,21,22);1H. The van der Waals surface area contributed by atoms with E-state index in [4.69, 9.17) is 23.1 Å². The minimum atomic E-state index is 0. The number of nitrogens with zero attached hydrogens (tertiary/aromatic N) is 3. The summed E-state index contributed by atoms with van der Waals surface area (Å²) >= 11 is 6.26. The molecular weight excluding hydrogens is 333 g/mol. The molecule has 0 bridgehead atoms. The molecule has 0 aliphatic carbocycles. The Hall–Kier alpha value is -2.11. The highest BCUT2D eigenvalue weighted by Gasteiger charge is 2.15. The number of aromatic nitrogens is 3. The maximum atomic E-state index is 6.26. The second-order valence-electron chi connectivity index (χ2n) is 5.23. The summed E-state index contributed by atoms with van der Waals surface area (Å²) in [5.74, 6) is 0.489. The van der Waals surface area contributed by atoms with Gasteiger partial charge in [0.2, 0.25) is 5.95 Å². The van der Waals surface area contributed by atoms with Gasteiger partial charge in [0.1, 0.15) is 5.82 Å². The molecule has 0 saturated carbocycles. The van der Waals surface area contributed by atoms with Crippen molar-refractivity contribution in [3.8, 4) is 0 Å². The Kier molecular flexibility index (Phi) is 4.92. The topological polar surface area (TPSA) is 90.7 Å². The fraction of sp³-hybridized carbons (Fsp3) is 0.188. The molecular formula is C16H17Cl2N5. The first-order valence-corrected chi connectivity index (χ1v) is 7.27. The molecule has 1 aromatic carbocycles. The molecule has 2 heterocycles. The van der Waals surface area contributed by atoms with Gasteiger partial charge >= 0.3 is 0 Å². The molecule has 120 valence electrons. The molecule has 4 N–H and O–H groups in total. The predicted molar refractivity (Wildman–Crippen MR) is 97.1 cm³/mol. The van der Waals surface area contributed by atoms with Crippen LogP contribution < -0.4 is 11.5 Å². The first-order valence-electron chi connectivity index (χ1n) is 6.89. The average molecular weight is 350 g/mol. The minimum absolute atomic E-state index is 0. The highest BCUT2D eigenvalue weighted by molar-refractivity contribution is 6.31. The van der Waals surface area contributed by atoms with E-state index in [9.17, 15) is 0 Å². The van der Waals surface area contributed by atoms with E-state index in [1.165, 1.54) is 0 Å². The van der Waals surface area contributed by atoms with Crippen LogP contribution >= 0.6 is 24.0 Å². The molecule has 0 unspecified atom stereocenters. The highest BCUT2D eigenvalue weighted by atomic mass is 35.5. The Labute approximate surface area is 145 Å². The average Bonchev–Trinajstić information content (AvgIpc) is 2.44. The number of benzene rings is 1. The molecule has 2 aromatic heterocycles. The molecule has 0 atom stereocenters. The number of anilines is 2. The van der Waals surface area contributed by atoms with Gasteiger partial charge < -0.3 is 11.5 Å². The van der Waals surface area contributed by atoms with Crippen molar-refractivity contribution in [3.05, 3.63) is 51.7 Å². The van der Waals surface area contributed by atoms with Crippen molar-refractivity contribution in [2.45, 2.75) is 20.3 Å². The van der Waals surface area contributed by atoms with E-state index in [0.29, 0.717) is 17.9 Å². The lowest BCUT2D eigenvalue weighted by Crippen LogP contribution is -2.07. The van der Waals surface area contributed by atoms with Gasteiger partial charge in [0.25, 0.3) is 0 Å². The van der Waals surface area contributed by atoms with Crippen molar-refractivity contribution in [1.82, 2.24) is 15.0 Å². The second-order valence-corrected chi connectivity index (χ2v) is 5.64. The number of aryl methyl sites for hydroxylation is 2. The van der Waals surface area contributed by atoms with E-state index in [-0.39, 0.29) is 18.4 Å². The molecule has 5 nitrogen and oxygen atoms in total. The molecule has 3 rings (SSSR count). The van der Waals surface area contributed by atoms with Crippen molar-refractivity contribution in [2.75, 3.05) is 11.5 Å². The lowest BCUT2D eigenvalue weighted by molar-refractivity contribution is 1.06. The van der Waals surface area contributed by atoms with Crippen LogP contribution in [-0.4, -0.2) is 15.0 Å². The van der Waals surface area contributed by atoms with Gasteiger partial charge in [0.05, 0.1) is 5.39 Å². The Balaban J connectivity index is 0.00000192. The second kappa shape index (κ2) is 6.56. The van der Waals surface area contributed by atoms with Gasteiger partial charge in [-0.05, 0) is 36.6 Å². The van der Waals surface area contributed by atoms with Crippen LogP contribution in [0, 0.1) is 13.8 Å². The van der Waals surface area contributed by atoms with Crippen molar-refractivity contribution >= 4 is 46.8 Å². The number of nitrogen functional groups attached to an aromatic ring is 2. The molecule has 0 spiro atoms. The molecule has 0 saturated heterocycles. The first-order chi connectivity index (χ1) is 10.5. The van der Waals surface area contributed by atoms with Crippen LogP contribution in [0.3, 0.4) is 0 Å². The summed E-state index contributed by atoms with van der Waals surface area (Å²) < 4.78 is 0. The van der Waals surface area contributed by atoms with Crippen LogP contribution in [0.5, 0.6) is 0 Å². The van der Waals surface area contributed by atoms with E-state index in [1.54, 1.807) is 0 Å². The zero-order chi connectivity index (χ0) is 15.9. The summed E-state index contributed by atoms with van der Waals surface area (Å²) in [7, 11) is 0. The number of hydrogen-bond acceptors (Lipinski definition) is 5. The third kappa shape index (κ3) is 3.16. The van der Waals surface area contributed by atoms with Gasteiger partial charge in [-0.15, -0.1) is 12.4 Å². The van der Waals surface area contributed by atoms with E-state index in [1.807, 2.05) is 38.1 Å². The summed E-state index contributed by atoms with van der Waals surface area (Å²) in [5.41, 5.74) is 16.2. The fourth-order valence-corrected chi connectivity index (χ4v) is 2.87. The lowest BCUT2D eigenvalue weighted by atomic mass is 9.97. The van der Waals surface area contributed by atoms with Gasteiger partial charge in [0.15, 0.2) is 5.65 Å². The van der Waals surface area contributed by atoms with Crippen LogP contribution in [0.4, 0.5) is 11.8 Å². The maximum absolute atomic E-state index is 6.26. The number of rotatable bonds is 2. The third-order valence-electron chi connectivity index (χ3n) is 3.80. The monoisotopic (exact) mass is 349 g/mol. The summed E-state index contributed by atoms with van der Waals surface area (Å²) in [6, 6.07) is 7.78. The number of nitrogens with two attached hydrogens (primary N) is 2. The first kappa shape index (κ1) is 17.2. The van der Waals surface area contributed by atoms with Crippen LogP contribution in [0.25, 0.3) is 11.0 Å². The molecule has 23 heavy (non-hydrogen) atoms. The summed E-state index contributed by atoms with van der Waals surface area (Å²) in [6.45, 7) is 3.95. The molecule has 3 aromatic rings. The third-order valence-corrected chi connectivity index (χ3v) is 4.17. The van der Waals surface area contributed by atoms with Crippen LogP contribution in [0.15, 0.2) is 24.3 Å². The number of halogens is 2. The van der Waals surface area contributed by atoms with Crippen LogP contribution in [0.2, 0.25) is 5.02 Å². The molecule has 7 heteroatoms. The zero-order valence-electron chi connectivity index (χ0n) is 12.8. The van der Waals surface area contributed by atoms with Gasteiger partial charge in [-0.3, -0.25) is 0 Å². The molecule has 0 amide bonds. The van der Waals surface area contributed by atoms with E-state index < -0.39 is 0 Å². The Morgan fingerprint density at radius 1 is 1.04 bits per heavy atom. The lowest BCUT2D eigenvalue weighted by Gasteiger charge is -2.14. The molecule has 0 fully saturated rings. The summed E-state index contributed by atoms with van der Waals surface area (Å²) in [6.07, 6.45) is 0.685. The summed E-state index contributed by atoms with van der Waals surface area (Å²) in [4.78, 5) is 12.7. The van der Waals surface area contributed by atoms with Crippen molar-refractivity contribution in [1.29, 1.82) is 0 Å². The van der Waals surface area contributed by atoms with Gasteiger partial charge in [-0.1, -0.05) is 29.8 Å². The number of fused-ring (bicyclic) bond motifs is 1. The summed E-state index contributed by atoms with van der Waals surface area (Å²) in [5, 5.41) is 1.49. The van der Waals surface area contributed by atoms with Gasteiger partial charge in [-0.25, -0.2) is 4.98 Å². The van der Waals surface area contributed by atoms with Crippen molar-refractivity contribution in [2.24, 2.45) is 0 Å². The maximum Gasteiger partial charge on any atom is 0.224 e. The number of hydrogen-bond donors (Lipinski definition) is 2. The smallest absolute Gasteiger partial charge is 0.224 e. The van der Waals surface area contributed by atoms with Crippen molar-refractivity contribution in [3.63, 3.8) is 0 Å². The fourth-order valence-electron chi connectivity index (χ4n) is 2.67. The molecule has 0 aliphatic rings. The van der Waals surface area contributed by atoms with Crippen molar-refractivity contribution < 1.29 is 0 Å². The molecule has 0 radical (unpaired) electrons. The minimum Gasteiger partial charge on any atom is -0.383 e. The Morgan fingerprint density at radius 2 is 1.74 bits per heavy atom. The molecule has 0 aliphatic heterocycles. The van der Waals surface area contributed by atoms with E-state index in [2.05, 4.69) is 15.0 Å². The largest absolute Gasteiger partial charge is 0.383 e. The Bertz CT molecular complexity index is 880. The zero-order valence-corrected chi connectivity index (χ0v) is 14.4. The van der Waals surface area contributed by atoms with E-state index >= 15 is 0 Å². The van der Waals surface area contributed by atoms with Gasteiger partial charge in [0, 0.05) is 17.1 Å². The van der Waals surface area contributed by atoms with Gasteiger partial charge in [-0.2, -0.15) is 9.97 Å². The predicted octanol–water partition coefficient (Wildman–Crippen LogP) is 3.47. The van der Waals surface area contributed by atoms with Crippen LogP contribution in [-0.2, 0) is 6.42 Å². The number of pyridine rings is 1. The van der Waals surface area contributed by atoms with Crippen LogP contribution in [0.1, 0.15) is 22.4 Å². The SMILES string of the molecule is Cc1nc2nc(N)nc(N)c2c(C)c1Cc1ccccc1Cl.Cl. The van der Waals surface area contributed by atoms with E-state index in [0.717, 1.165) is 32.8 Å².